The van der Waals surface area contributed by atoms with E-state index in [0.29, 0.717) is 28.1 Å². The van der Waals surface area contributed by atoms with Gasteiger partial charge in [0, 0.05) is 24.1 Å². The van der Waals surface area contributed by atoms with Crippen molar-refractivity contribution in [3.63, 3.8) is 0 Å². The SMILES string of the molecule is CN(C)CCc1nc2ccccc2[n+]([O-])n1. The summed E-state index contributed by atoms with van der Waals surface area (Å²) < 4.78 is 0. The summed E-state index contributed by atoms with van der Waals surface area (Å²) >= 11 is 0. The molecular formula is C11H14N4O. The van der Waals surface area contributed by atoms with Crippen LogP contribution in [0, 0.1) is 5.21 Å². The van der Waals surface area contributed by atoms with E-state index in [9.17, 15) is 5.21 Å². The van der Waals surface area contributed by atoms with Crippen molar-refractivity contribution in [2.24, 2.45) is 0 Å². The molecule has 0 saturated carbocycles. The first-order valence-electron chi connectivity index (χ1n) is 5.17. The molecule has 0 fully saturated rings. The molecule has 0 radical (unpaired) electrons. The number of fused-ring (bicyclic) bond motifs is 1. The molecule has 0 aliphatic heterocycles. The van der Waals surface area contributed by atoms with Gasteiger partial charge in [0.15, 0.2) is 5.82 Å². The standard InChI is InChI=1S/C11H14N4O/c1-14(2)8-7-11-12-9-5-3-4-6-10(9)15(16)13-11/h3-6H,7-8H2,1-2H3. The molecule has 0 amide bonds. The van der Waals surface area contributed by atoms with E-state index in [2.05, 4.69) is 10.1 Å². The Labute approximate surface area is 93.9 Å². The highest BCUT2D eigenvalue weighted by molar-refractivity contribution is 5.70. The molecule has 0 saturated heterocycles. The predicted octanol–water partition coefficient (Wildman–Crippen LogP) is 0.367. The van der Waals surface area contributed by atoms with Gasteiger partial charge >= 0.3 is 0 Å². The number of hydrogen-bond acceptors (Lipinski definition) is 4. The Morgan fingerprint density at radius 1 is 1.31 bits per heavy atom. The zero-order chi connectivity index (χ0) is 11.5. The van der Waals surface area contributed by atoms with Gasteiger partial charge in [-0.1, -0.05) is 12.1 Å². The molecule has 0 aliphatic carbocycles. The lowest BCUT2D eigenvalue weighted by Crippen LogP contribution is -2.34. The fourth-order valence-electron chi connectivity index (χ4n) is 1.47. The topological polar surface area (TPSA) is 56.0 Å². The van der Waals surface area contributed by atoms with Crippen molar-refractivity contribution in [2.75, 3.05) is 20.6 Å². The number of hydrogen-bond donors (Lipinski definition) is 0. The summed E-state index contributed by atoms with van der Waals surface area (Å²) in [6, 6.07) is 7.22. The van der Waals surface area contributed by atoms with Gasteiger partial charge in [-0.3, -0.25) is 0 Å². The first-order valence-corrected chi connectivity index (χ1v) is 5.17. The Morgan fingerprint density at radius 3 is 2.81 bits per heavy atom. The van der Waals surface area contributed by atoms with Crippen LogP contribution in [0.15, 0.2) is 24.3 Å². The molecule has 0 unspecified atom stereocenters. The van der Waals surface area contributed by atoms with Crippen LogP contribution < -0.4 is 4.85 Å². The number of benzene rings is 1. The summed E-state index contributed by atoms with van der Waals surface area (Å²) in [5.74, 6) is 0.586. The van der Waals surface area contributed by atoms with Crippen LogP contribution in [0.2, 0.25) is 0 Å². The largest absolute Gasteiger partial charge is 0.594 e. The van der Waals surface area contributed by atoms with E-state index >= 15 is 0 Å². The zero-order valence-corrected chi connectivity index (χ0v) is 9.42. The van der Waals surface area contributed by atoms with E-state index in [4.69, 9.17) is 0 Å². The molecule has 0 atom stereocenters. The van der Waals surface area contributed by atoms with Crippen LogP contribution in [-0.2, 0) is 6.42 Å². The molecule has 2 rings (SSSR count). The maximum Gasteiger partial charge on any atom is 0.270 e. The number of rotatable bonds is 3. The number of nitrogens with zero attached hydrogens (tertiary/aromatic N) is 4. The maximum absolute atomic E-state index is 11.6. The molecule has 1 aromatic carbocycles. The minimum absolute atomic E-state index is 0.510. The summed E-state index contributed by atoms with van der Waals surface area (Å²) in [7, 11) is 3.96. The molecule has 0 bridgehead atoms. The third kappa shape index (κ3) is 2.25. The molecular weight excluding hydrogens is 204 g/mol. The Bertz CT molecular complexity index is 498. The molecule has 16 heavy (non-hydrogen) atoms. The predicted molar refractivity (Wildman–Crippen MR) is 60.8 cm³/mol. The quantitative estimate of drug-likeness (QED) is 0.551. The Morgan fingerprint density at radius 2 is 2.06 bits per heavy atom. The van der Waals surface area contributed by atoms with E-state index < -0.39 is 0 Å². The van der Waals surface area contributed by atoms with Crippen molar-refractivity contribution in [3.05, 3.63) is 35.3 Å². The molecule has 1 aromatic heterocycles. The first-order chi connectivity index (χ1) is 7.66. The van der Waals surface area contributed by atoms with Crippen LogP contribution in [0.1, 0.15) is 5.82 Å². The van der Waals surface area contributed by atoms with Gasteiger partial charge in [0.25, 0.3) is 5.52 Å². The van der Waals surface area contributed by atoms with Gasteiger partial charge in [-0.25, -0.2) is 4.98 Å². The number of aromatic nitrogens is 3. The third-order valence-electron chi connectivity index (χ3n) is 2.33. The summed E-state index contributed by atoms with van der Waals surface area (Å²) in [4.78, 5) is 7.03. The van der Waals surface area contributed by atoms with Crippen molar-refractivity contribution in [1.29, 1.82) is 0 Å². The van der Waals surface area contributed by atoms with Crippen LogP contribution in [0.3, 0.4) is 0 Å². The minimum Gasteiger partial charge on any atom is -0.594 e. The van der Waals surface area contributed by atoms with Crippen LogP contribution in [0.25, 0.3) is 11.0 Å². The van der Waals surface area contributed by atoms with Crippen LogP contribution >= 0.6 is 0 Å². The maximum atomic E-state index is 11.6. The second-order valence-corrected chi connectivity index (χ2v) is 3.94. The number of para-hydroxylation sites is 2. The molecule has 84 valence electrons. The zero-order valence-electron chi connectivity index (χ0n) is 9.42. The first kappa shape index (κ1) is 10.8. The lowest BCUT2D eigenvalue weighted by Gasteiger charge is -2.07. The highest BCUT2D eigenvalue weighted by Gasteiger charge is 2.09. The van der Waals surface area contributed by atoms with Gasteiger partial charge in [0.2, 0.25) is 0 Å². The van der Waals surface area contributed by atoms with E-state index in [-0.39, 0.29) is 0 Å². The van der Waals surface area contributed by atoms with Crippen molar-refractivity contribution >= 4 is 11.0 Å². The van der Waals surface area contributed by atoms with E-state index in [1.54, 1.807) is 12.1 Å². The smallest absolute Gasteiger partial charge is 0.270 e. The van der Waals surface area contributed by atoms with E-state index in [1.165, 1.54) is 0 Å². The Hall–Kier alpha value is -1.75. The van der Waals surface area contributed by atoms with Gasteiger partial charge in [-0.15, -0.1) is 0 Å². The van der Waals surface area contributed by atoms with Crippen molar-refractivity contribution in [1.82, 2.24) is 15.0 Å². The normalized spacial score (nSPS) is 11.2. The summed E-state index contributed by atoms with van der Waals surface area (Å²) in [6.45, 7) is 0.832. The lowest BCUT2D eigenvalue weighted by atomic mass is 10.3. The Kier molecular flexibility index (Phi) is 2.96. The van der Waals surface area contributed by atoms with Gasteiger partial charge < -0.3 is 10.1 Å². The van der Waals surface area contributed by atoms with Gasteiger partial charge in [-0.05, 0) is 25.0 Å². The highest BCUT2D eigenvalue weighted by Crippen LogP contribution is 2.05. The molecule has 0 N–H and O–H groups in total. The van der Waals surface area contributed by atoms with Crippen molar-refractivity contribution in [3.8, 4) is 0 Å². The van der Waals surface area contributed by atoms with E-state index in [1.807, 2.05) is 31.1 Å². The average molecular weight is 218 g/mol. The van der Waals surface area contributed by atoms with E-state index in [0.717, 1.165) is 6.54 Å². The average Bonchev–Trinajstić information content (AvgIpc) is 2.26. The molecule has 0 aliphatic rings. The molecule has 0 spiro atoms. The minimum atomic E-state index is 0.510. The molecule has 1 heterocycles. The van der Waals surface area contributed by atoms with Gasteiger partial charge in [-0.2, -0.15) is 0 Å². The summed E-state index contributed by atoms with van der Waals surface area (Å²) in [5, 5.41) is 15.5. The molecule has 5 nitrogen and oxygen atoms in total. The van der Waals surface area contributed by atoms with Crippen LogP contribution in [-0.4, -0.2) is 35.6 Å². The van der Waals surface area contributed by atoms with Gasteiger partial charge in [0.1, 0.15) is 5.52 Å². The second kappa shape index (κ2) is 4.40. The lowest BCUT2D eigenvalue weighted by molar-refractivity contribution is -0.644. The fourth-order valence-corrected chi connectivity index (χ4v) is 1.47. The highest BCUT2D eigenvalue weighted by atomic mass is 16.5. The Balaban J connectivity index is 2.34. The summed E-state index contributed by atoms with van der Waals surface area (Å²) in [5.41, 5.74) is 1.21. The molecule has 2 aromatic rings. The third-order valence-corrected chi connectivity index (χ3v) is 2.33. The van der Waals surface area contributed by atoms with Crippen LogP contribution in [0.4, 0.5) is 0 Å². The molecule has 5 heteroatoms. The van der Waals surface area contributed by atoms with Crippen LogP contribution in [0.5, 0.6) is 0 Å². The summed E-state index contributed by atoms with van der Waals surface area (Å²) in [6.07, 6.45) is 0.681. The number of likely N-dealkylation sites (N-methyl/N-ethyl adjacent to an activating group) is 1. The van der Waals surface area contributed by atoms with Gasteiger partial charge in [0.05, 0.1) is 0 Å². The van der Waals surface area contributed by atoms with Crippen molar-refractivity contribution < 1.29 is 4.85 Å². The van der Waals surface area contributed by atoms with Crippen molar-refractivity contribution in [2.45, 2.75) is 6.42 Å². The fraction of sp³-hybridized carbons (Fsp3) is 0.364. The second-order valence-electron chi connectivity index (χ2n) is 3.94. The monoisotopic (exact) mass is 218 g/mol.